The van der Waals surface area contributed by atoms with Crippen molar-refractivity contribution in [2.24, 2.45) is 5.73 Å². The SMILES string of the molecule is COCCCNC(=O)c1ccc(Oc2sc(C(N)=O)c3c2-c2sncc2CC3)cc1. The Morgan fingerprint density at radius 3 is 2.77 bits per heavy atom. The Morgan fingerprint density at radius 1 is 1.23 bits per heavy atom. The molecule has 7 nitrogen and oxygen atoms in total. The van der Waals surface area contributed by atoms with E-state index < -0.39 is 5.91 Å². The highest BCUT2D eigenvalue weighted by Gasteiger charge is 2.30. The van der Waals surface area contributed by atoms with Gasteiger partial charge in [-0.25, -0.2) is 4.37 Å². The van der Waals surface area contributed by atoms with Gasteiger partial charge in [-0.15, -0.1) is 0 Å². The lowest BCUT2D eigenvalue weighted by Gasteiger charge is -2.14. The van der Waals surface area contributed by atoms with Crippen molar-refractivity contribution in [2.75, 3.05) is 20.3 Å². The number of hydrogen-bond donors (Lipinski definition) is 2. The summed E-state index contributed by atoms with van der Waals surface area (Å²) in [6, 6.07) is 6.93. The lowest BCUT2D eigenvalue weighted by Crippen LogP contribution is -2.25. The fraction of sp³-hybridized carbons (Fsp3) is 0.286. The Hall–Kier alpha value is -2.75. The number of ether oxygens (including phenoxy) is 2. The first-order valence-corrected chi connectivity index (χ1v) is 11.1. The molecule has 0 fully saturated rings. The molecule has 0 saturated heterocycles. The van der Waals surface area contributed by atoms with E-state index in [9.17, 15) is 9.59 Å². The number of carbonyl (C=O) groups excluding carboxylic acids is 2. The first-order chi connectivity index (χ1) is 14.6. The quantitative estimate of drug-likeness (QED) is 0.518. The number of benzene rings is 1. The summed E-state index contributed by atoms with van der Waals surface area (Å²) in [5.41, 5.74) is 9.16. The van der Waals surface area contributed by atoms with Gasteiger partial charge in [-0.3, -0.25) is 9.59 Å². The minimum atomic E-state index is -0.445. The second-order valence-corrected chi connectivity index (χ2v) is 8.63. The average molecular weight is 444 g/mol. The number of nitrogens with two attached hydrogens (primary N) is 1. The second-order valence-electron chi connectivity index (χ2n) is 6.85. The van der Waals surface area contributed by atoms with Gasteiger partial charge in [0.05, 0.1) is 15.3 Å². The number of methoxy groups -OCH3 is 1. The van der Waals surface area contributed by atoms with Crippen molar-refractivity contribution in [3.63, 3.8) is 0 Å². The predicted molar refractivity (Wildman–Crippen MR) is 117 cm³/mol. The van der Waals surface area contributed by atoms with Gasteiger partial charge in [-0.2, -0.15) is 0 Å². The summed E-state index contributed by atoms with van der Waals surface area (Å²) < 4.78 is 15.4. The summed E-state index contributed by atoms with van der Waals surface area (Å²) in [6.07, 6.45) is 4.20. The largest absolute Gasteiger partial charge is 0.446 e. The van der Waals surface area contributed by atoms with Gasteiger partial charge in [-0.1, -0.05) is 11.3 Å². The van der Waals surface area contributed by atoms with Gasteiger partial charge in [0.15, 0.2) is 5.06 Å². The molecule has 1 aliphatic carbocycles. The van der Waals surface area contributed by atoms with Gasteiger partial charge >= 0.3 is 0 Å². The molecular weight excluding hydrogens is 422 g/mol. The molecule has 1 aromatic carbocycles. The Balaban J connectivity index is 1.54. The van der Waals surface area contributed by atoms with Crippen molar-refractivity contribution in [1.82, 2.24) is 9.69 Å². The molecule has 2 amide bonds. The monoisotopic (exact) mass is 443 g/mol. The third-order valence-electron chi connectivity index (χ3n) is 4.85. The first-order valence-electron chi connectivity index (χ1n) is 9.53. The van der Waals surface area contributed by atoms with Crippen molar-refractivity contribution in [1.29, 1.82) is 0 Å². The van der Waals surface area contributed by atoms with Crippen LogP contribution in [-0.4, -0.2) is 36.4 Å². The predicted octanol–water partition coefficient (Wildman–Crippen LogP) is 3.63. The van der Waals surface area contributed by atoms with Crippen LogP contribution < -0.4 is 15.8 Å². The molecule has 0 unspecified atom stereocenters. The molecule has 0 spiro atoms. The molecule has 0 atom stereocenters. The molecule has 0 bridgehead atoms. The molecule has 0 aliphatic heterocycles. The Labute approximate surface area is 182 Å². The van der Waals surface area contributed by atoms with Crippen LogP contribution in [0.1, 0.15) is 37.6 Å². The molecule has 0 saturated carbocycles. The van der Waals surface area contributed by atoms with Crippen molar-refractivity contribution in [3.8, 4) is 21.3 Å². The Morgan fingerprint density at radius 2 is 2.03 bits per heavy atom. The number of thiophene rings is 1. The molecule has 156 valence electrons. The number of primary amides is 1. The zero-order valence-electron chi connectivity index (χ0n) is 16.4. The second kappa shape index (κ2) is 8.95. The zero-order valence-corrected chi connectivity index (χ0v) is 18.0. The van der Waals surface area contributed by atoms with E-state index in [2.05, 4.69) is 9.69 Å². The van der Waals surface area contributed by atoms with Gasteiger partial charge in [0.25, 0.3) is 11.8 Å². The summed E-state index contributed by atoms with van der Waals surface area (Å²) in [6.45, 7) is 1.16. The fourth-order valence-corrected chi connectivity index (χ4v) is 5.39. The lowest BCUT2D eigenvalue weighted by atomic mass is 9.93. The van der Waals surface area contributed by atoms with Gasteiger partial charge in [0, 0.05) is 32.0 Å². The minimum absolute atomic E-state index is 0.142. The number of aryl methyl sites for hydroxylation is 1. The highest BCUT2D eigenvalue weighted by atomic mass is 32.1. The molecule has 2 aromatic heterocycles. The third-order valence-corrected chi connectivity index (χ3v) is 6.84. The third kappa shape index (κ3) is 4.09. The van der Waals surface area contributed by atoms with E-state index in [1.807, 2.05) is 6.20 Å². The standard InChI is InChI=1S/C21H21N3O4S2/c1-27-10-2-9-23-20(26)12-3-6-14(7-4-12)28-21-16-15(18(29-21)19(22)25)8-5-13-11-24-30-17(13)16/h3-4,6-7,11H,2,5,8-10H2,1H3,(H2,22,25)(H,23,26). The molecule has 1 aliphatic rings. The lowest BCUT2D eigenvalue weighted by molar-refractivity contribution is 0.0947. The van der Waals surface area contributed by atoms with Crippen LogP contribution in [0.4, 0.5) is 0 Å². The van der Waals surface area contributed by atoms with Gasteiger partial charge < -0.3 is 20.5 Å². The molecule has 9 heteroatoms. The van der Waals surface area contributed by atoms with Gasteiger partial charge in [0.1, 0.15) is 5.75 Å². The van der Waals surface area contributed by atoms with Crippen molar-refractivity contribution < 1.29 is 19.1 Å². The van der Waals surface area contributed by atoms with Crippen LogP contribution in [0.2, 0.25) is 0 Å². The van der Waals surface area contributed by atoms with E-state index in [1.165, 1.54) is 22.9 Å². The molecule has 2 heterocycles. The Kier molecular flexibility index (Phi) is 6.12. The van der Waals surface area contributed by atoms with Crippen LogP contribution in [0.3, 0.4) is 0 Å². The number of fused-ring (bicyclic) bond motifs is 3. The van der Waals surface area contributed by atoms with E-state index in [0.29, 0.717) is 34.4 Å². The maximum absolute atomic E-state index is 12.2. The number of carbonyl (C=O) groups is 2. The number of aromatic nitrogens is 1. The normalized spacial score (nSPS) is 12.2. The van der Waals surface area contributed by atoms with Crippen LogP contribution in [0.25, 0.3) is 10.4 Å². The number of rotatable bonds is 8. The number of nitrogens with one attached hydrogen (secondary N) is 1. The van der Waals surface area contributed by atoms with Gasteiger partial charge in [-0.05, 0) is 66.2 Å². The fourth-order valence-electron chi connectivity index (χ4n) is 3.39. The number of nitrogens with zero attached hydrogens (tertiary/aromatic N) is 1. The maximum atomic E-state index is 12.2. The first kappa shape index (κ1) is 20.5. The van der Waals surface area contributed by atoms with Crippen LogP contribution in [0, 0.1) is 0 Å². The molecular formula is C21H21N3O4S2. The van der Waals surface area contributed by atoms with E-state index in [4.69, 9.17) is 15.2 Å². The summed E-state index contributed by atoms with van der Waals surface area (Å²) in [5.74, 6) is -0.00123. The van der Waals surface area contributed by atoms with E-state index in [1.54, 1.807) is 31.4 Å². The van der Waals surface area contributed by atoms with Crippen molar-refractivity contribution in [2.45, 2.75) is 19.3 Å². The van der Waals surface area contributed by atoms with Crippen LogP contribution in [0.15, 0.2) is 30.5 Å². The summed E-state index contributed by atoms with van der Waals surface area (Å²) in [7, 11) is 1.63. The Bertz CT molecular complexity index is 1070. The molecule has 4 rings (SSSR count). The highest BCUT2D eigenvalue weighted by Crippen LogP contribution is 2.49. The average Bonchev–Trinajstić information content (AvgIpc) is 3.36. The molecule has 0 radical (unpaired) electrons. The van der Waals surface area contributed by atoms with E-state index in [0.717, 1.165) is 40.8 Å². The minimum Gasteiger partial charge on any atom is -0.446 e. The smallest absolute Gasteiger partial charge is 0.259 e. The maximum Gasteiger partial charge on any atom is 0.259 e. The molecule has 3 N–H and O–H groups in total. The van der Waals surface area contributed by atoms with Crippen molar-refractivity contribution >= 4 is 34.7 Å². The van der Waals surface area contributed by atoms with Gasteiger partial charge in [0.2, 0.25) is 0 Å². The topological polar surface area (TPSA) is 104 Å². The van der Waals surface area contributed by atoms with Crippen LogP contribution in [0.5, 0.6) is 10.8 Å². The zero-order chi connectivity index (χ0) is 21.1. The summed E-state index contributed by atoms with van der Waals surface area (Å²) in [5, 5.41) is 3.48. The van der Waals surface area contributed by atoms with Crippen LogP contribution >= 0.6 is 22.9 Å². The highest BCUT2D eigenvalue weighted by molar-refractivity contribution is 7.17. The molecule has 3 aromatic rings. The summed E-state index contributed by atoms with van der Waals surface area (Å²) in [4.78, 5) is 25.7. The number of hydrogen-bond acceptors (Lipinski definition) is 7. The van der Waals surface area contributed by atoms with E-state index in [-0.39, 0.29) is 5.91 Å². The summed E-state index contributed by atoms with van der Waals surface area (Å²) >= 11 is 2.66. The van der Waals surface area contributed by atoms with E-state index >= 15 is 0 Å². The van der Waals surface area contributed by atoms with Crippen LogP contribution in [-0.2, 0) is 17.6 Å². The number of amides is 2. The van der Waals surface area contributed by atoms with Crippen molar-refractivity contribution in [3.05, 3.63) is 52.0 Å². The molecule has 30 heavy (non-hydrogen) atoms.